The van der Waals surface area contributed by atoms with Crippen LogP contribution in [-0.4, -0.2) is 32.9 Å². The predicted molar refractivity (Wildman–Crippen MR) is 38.4 cm³/mol. The number of nitrogens with one attached hydrogen (secondary N) is 1. The van der Waals surface area contributed by atoms with E-state index in [0.29, 0.717) is 0 Å². The van der Waals surface area contributed by atoms with Gasteiger partial charge in [0.05, 0.1) is 0 Å². The first kappa shape index (κ1) is 9.42. The molecule has 0 rings (SSSR count). The third-order valence-electron chi connectivity index (χ3n) is 1.07. The Hall–Kier alpha value is -0.580. The predicted octanol–water partition coefficient (Wildman–Crippen LogP) is -0.833. The van der Waals surface area contributed by atoms with Gasteiger partial charge in [-0.15, -0.1) is 0 Å². The van der Waals surface area contributed by atoms with Gasteiger partial charge in [-0.25, -0.2) is 8.42 Å². The summed E-state index contributed by atoms with van der Waals surface area (Å²) in [5, 5.41) is 2.24. The first-order valence-electron chi connectivity index (χ1n) is 2.93. The Morgan fingerprint density at radius 1 is 1.50 bits per heavy atom. The van der Waals surface area contributed by atoms with Gasteiger partial charge in [-0.1, -0.05) is 6.92 Å². The van der Waals surface area contributed by atoms with Crippen LogP contribution in [0.3, 0.4) is 0 Å². The minimum Gasteiger partial charge on any atom is -0.358 e. The summed E-state index contributed by atoms with van der Waals surface area (Å²) in [7, 11) is -1.73. The first-order valence-corrected chi connectivity index (χ1v) is 4.75. The lowest BCUT2D eigenvalue weighted by Gasteiger charge is -1.97. The average molecular weight is 165 g/mol. The molecule has 0 aliphatic heterocycles. The molecule has 0 aromatic carbocycles. The van der Waals surface area contributed by atoms with Gasteiger partial charge >= 0.3 is 0 Å². The van der Waals surface area contributed by atoms with E-state index in [1.54, 1.807) is 0 Å². The summed E-state index contributed by atoms with van der Waals surface area (Å²) in [6, 6.07) is 0. The summed E-state index contributed by atoms with van der Waals surface area (Å²) in [4.78, 5) is 10.5. The Labute approximate surface area is 60.5 Å². The fraction of sp³-hybridized carbons (Fsp3) is 0.800. The topological polar surface area (TPSA) is 63.2 Å². The molecule has 0 aliphatic carbocycles. The largest absolute Gasteiger partial charge is 0.358 e. The van der Waals surface area contributed by atoms with Crippen LogP contribution in [0.15, 0.2) is 0 Å². The zero-order chi connectivity index (χ0) is 8.20. The molecular formula is C5H11NO3S. The molecule has 60 valence electrons. The van der Waals surface area contributed by atoms with Crippen molar-refractivity contribution in [3.63, 3.8) is 0 Å². The summed E-state index contributed by atoms with van der Waals surface area (Å²) in [5.41, 5.74) is 0. The van der Waals surface area contributed by atoms with E-state index in [1.807, 2.05) is 0 Å². The molecule has 0 atom stereocenters. The normalized spacial score (nSPS) is 11.0. The van der Waals surface area contributed by atoms with Gasteiger partial charge in [0, 0.05) is 12.8 Å². The van der Waals surface area contributed by atoms with E-state index in [0.717, 1.165) is 0 Å². The van der Waals surface area contributed by atoms with E-state index in [9.17, 15) is 13.2 Å². The third kappa shape index (κ3) is 3.45. The van der Waals surface area contributed by atoms with Crippen LogP contribution in [0.2, 0.25) is 0 Å². The maximum absolute atomic E-state index is 10.7. The second-order valence-corrected chi connectivity index (χ2v) is 4.20. The Morgan fingerprint density at radius 3 is 2.30 bits per heavy atom. The van der Waals surface area contributed by atoms with Crippen LogP contribution in [-0.2, 0) is 14.6 Å². The molecule has 0 fully saturated rings. The lowest BCUT2D eigenvalue weighted by atomic mass is 10.7. The standard InChI is InChI=1S/C5H11NO3S/c1-3-10(8,9)4-5(7)6-2/h3-4H2,1-2H3,(H,6,7). The zero-order valence-electron chi connectivity index (χ0n) is 6.05. The van der Waals surface area contributed by atoms with Crippen molar-refractivity contribution in [2.75, 3.05) is 18.6 Å². The maximum Gasteiger partial charge on any atom is 0.234 e. The van der Waals surface area contributed by atoms with Gasteiger partial charge in [0.25, 0.3) is 0 Å². The van der Waals surface area contributed by atoms with Gasteiger partial charge in [-0.3, -0.25) is 4.79 Å². The average Bonchev–Trinajstić information content (AvgIpc) is 1.87. The fourth-order valence-electron chi connectivity index (χ4n) is 0.374. The van der Waals surface area contributed by atoms with Crippen molar-refractivity contribution in [3.8, 4) is 0 Å². The molecule has 0 aromatic heterocycles. The zero-order valence-corrected chi connectivity index (χ0v) is 6.86. The Kier molecular flexibility index (Phi) is 3.35. The maximum atomic E-state index is 10.7. The van der Waals surface area contributed by atoms with E-state index in [2.05, 4.69) is 5.32 Å². The molecule has 0 heterocycles. The summed E-state index contributed by atoms with van der Waals surface area (Å²) < 4.78 is 21.4. The lowest BCUT2D eigenvalue weighted by molar-refractivity contribution is -0.118. The van der Waals surface area contributed by atoms with Crippen LogP contribution in [0.4, 0.5) is 0 Å². The van der Waals surface area contributed by atoms with Crippen molar-refractivity contribution in [1.29, 1.82) is 0 Å². The smallest absolute Gasteiger partial charge is 0.234 e. The molecule has 0 spiro atoms. The highest BCUT2D eigenvalue weighted by molar-refractivity contribution is 7.92. The van der Waals surface area contributed by atoms with E-state index in [-0.39, 0.29) is 5.75 Å². The Balaban J connectivity index is 4.03. The Morgan fingerprint density at radius 2 is 2.00 bits per heavy atom. The minimum absolute atomic E-state index is 0.0143. The number of sulfone groups is 1. The summed E-state index contributed by atoms with van der Waals surface area (Å²) >= 11 is 0. The minimum atomic E-state index is -3.14. The molecule has 0 aromatic rings. The van der Waals surface area contributed by atoms with Gasteiger partial charge < -0.3 is 5.32 Å². The van der Waals surface area contributed by atoms with E-state index < -0.39 is 21.5 Å². The van der Waals surface area contributed by atoms with Crippen LogP contribution in [0, 0.1) is 0 Å². The molecular weight excluding hydrogens is 154 g/mol. The third-order valence-corrected chi connectivity index (χ3v) is 2.65. The SMILES string of the molecule is CCS(=O)(=O)CC(=O)NC. The number of hydrogen-bond acceptors (Lipinski definition) is 3. The number of carbonyl (C=O) groups excluding carboxylic acids is 1. The van der Waals surface area contributed by atoms with Crippen LogP contribution in [0.25, 0.3) is 0 Å². The fourth-order valence-corrected chi connectivity index (χ4v) is 1.12. The van der Waals surface area contributed by atoms with E-state index in [4.69, 9.17) is 0 Å². The van der Waals surface area contributed by atoms with Gasteiger partial charge in [-0.2, -0.15) is 0 Å². The van der Waals surface area contributed by atoms with Crippen molar-refractivity contribution in [3.05, 3.63) is 0 Å². The van der Waals surface area contributed by atoms with Crippen molar-refractivity contribution in [2.24, 2.45) is 0 Å². The number of amides is 1. The highest BCUT2D eigenvalue weighted by atomic mass is 32.2. The number of carbonyl (C=O) groups is 1. The first-order chi connectivity index (χ1) is 4.52. The molecule has 1 N–H and O–H groups in total. The molecule has 1 amide bonds. The van der Waals surface area contributed by atoms with Gasteiger partial charge in [0.1, 0.15) is 5.75 Å². The van der Waals surface area contributed by atoms with Crippen molar-refractivity contribution in [1.82, 2.24) is 5.32 Å². The number of hydrogen-bond donors (Lipinski definition) is 1. The molecule has 5 heteroatoms. The van der Waals surface area contributed by atoms with E-state index >= 15 is 0 Å². The van der Waals surface area contributed by atoms with E-state index in [1.165, 1.54) is 14.0 Å². The molecule has 10 heavy (non-hydrogen) atoms. The monoisotopic (exact) mass is 165 g/mol. The number of rotatable bonds is 3. The van der Waals surface area contributed by atoms with Crippen molar-refractivity contribution < 1.29 is 13.2 Å². The van der Waals surface area contributed by atoms with Crippen LogP contribution in [0.5, 0.6) is 0 Å². The van der Waals surface area contributed by atoms with Crippen LogP contribution >= 0.6 is 0 Å². The van der Waals surface area contributed by atoms with Gasteiger partial charge in [0.2, 0.25) is 5.91 Å². The summed E-state index contributed by atoms with van der Waals surface area (Å²) in [6.07, 6.45) is 0. The second kappa shape index (κ2) is 3.55. The van der Waals surface area contributed by atoms with Gasteiger partial charge in [-0.05, 0) is 0 Å². The Bertz CT molecular complexity index is 207. The van der Waals surface area contributed by atoms with Crippen LogP contribution in [0.1, 0.15) is 6.92 Å². The lowest BCUT2D eigenvalue weighted by Crippen LogP contribution is -2.27. The van der Waals surface area contributed by atoms with Crippen LogP contribution < -0.4 is 5.32 Å². The molecule has 0 saturated heterocycles. The molecule has 0 bridgehead atoms. The highest BCUT2D eigenvalue weighted by Crippen LogP contribution is 1.87. The molecule has 0 saturated carbocycles. The van der Waals surface area contributed by atoms with Crippen molar-refractivity contribution >= 4 is 15.7 Å². The summed E-state index contributed by atoms with van der Waals surface area (Å²) in [5.74, 6) is -0.845. The molecule has 0 unspecified atom stereocenters. The second-order valence-electron chi connectivity index (χ2n) is 1.85. The van der Waals surface area contributed by atoms with Gasteiger partial charge in [0.15, 0.2) is 9.84 Å². The quantitative estimate of drug-likeness (QED) is 0.593. The molecule has 0 aliphatic rings. The van der Waals surface area contributed by atoms with Crippen molar-refractivity contribution in [2.45, 2.75) is 6.92 Å². The summed E-state index contributed by atoms with van der Waals surface area (Å²) in [6.45, 7) is 1.51. The highest BCUT2D eigenvalue weighted by Gasteiger charge is 2.11. The molecule has 0 radical (unpaired) electrons. The molecule has 4 nitrogen and oxygen atoms in total.